The van der Waals surface area contributed by atoms with Gasteiger partial charge in [-0.2, -0.15) is 0 Å². The van der Waals surface area contributed by atoms with Gasteiger partial charge in [0.2, 0.25) is 5.91 Å². The van der Waals surface area contributed by atoms with Crippen molar-refractivity contribution in [1.29, 1.82) is 0 Å². The van der Waals surface area contributed by atoms with Gasteiger partial charge >= 0.3 is 0 Å². The van der Waals surface area contributed by atoms with Gasteiger partial charge in [-0.15, -0.1) is 11.6 Å². The molecule has 2 rings (SSSR count). The standard InChI is InChI=1S/C17H18ClNO/c1-13(14-8-4-2-5-9-14)17(20)19-12-16(18)15-10-6-3-7-11-15/h2-11,13,16H,12H2,1H3,(H,19,20). The lowest BCUT2D eigenvalue weighted by atomic mass is 10.0. The summed E-state index contributed by atoms with van der Waals surface area (Å²) in [6.07, 6.45) is 0. The summed E-state index contributed by atoms with van der Waals surface area (Å²) in [7, 11) is 0. The zero-order valence-electron chi connectivity index (χ0n) is 11.4. The molecule has 0 bridgehead atoms. The van der Waals surface area contributed by atoms with Crippen molar-refractivity contribution in [3.05, 3.63) is 71.8 Å². The number of carbonyl (C=O) groups is 1. The van der Waals surface area contributed by atoms with Crippen LogP contribution in [-0.2, 0) is 4.79 Å². The lowest BCUT2D eigenvalue weighted by Crippen LogP contribution is -2.30. The average molecular weight is 288 g/mol. The largest absolute Gasteiger partial charge is 0.354 e. The Hall–Kier alpha value is -1.80. The second kappa shape index (κ2) is 7.11. The van der Waals surface area contributed by atoms with E-state index in [4.69, 9.17) is 11.6 Å². The van der Waals surface area contributed by atoms with Crippen molar-refractivity contribution >= 4 is 17.5 Å². The molecular weight excluding hydrogens is 270 g/mol. The summed E-state index contributed by atoms with van der Waals surface area (Å²) in [5.74, 6) is -0.173. The zero-order chi connectivity index (χ0) is 14.4. The quantitative estimate of drug-likeness (QED) is 0.831. The van der Waals surface area contributed by atoms with Crippen molar-refractivity contribution in [2.24, 2.45) is 0 Å². The van der Waals surface area contributed by atoms with E-state index in [0.29, 0.717) is 6.54 Å². The molecule has 1 amide bonds. The van der Waals surface area contributed by atoms with Crippen LogP contribution in [0, 0.1) is 0 Å². The lowest BCUT2D eigenvalue weighted by molar-refractivity contribution is -0.122. The summed E-state index contributed by atoms with van der Waals surface area (Å²) in [6.45, 7) is 2.33. The Morgan fingerprint density at radius 1 is 1.00 bits per heavy atom. The van der Waals surface area contributed by atoms with Crippen LogP contribution < -0.4 is 5.32 Å². The first-order chi connectivity index (χ1) is 9.68. The number of alkyl halides is 1. The molecule has 2 aromatic rings. The van der Waals surface area contributed by atoms with Crippen molar-refractivity contribution in [3.63, 3.8) is 0 Å². The molecular formula is C17H18ClNO. The molecule has 2 unspecified atom stereocenters. The van der Waals surface area contributed by atoms with E-state index in [9.17, 15) is 4.79 Å². The fourth-order valence-corrected chi connectivity index (χ4v) is 2.24. The number of hydrogen-bond acceptors (Lipinski definition) is 1. The van der Waals surface area contributed by atoms with Crippen LogP contribution in [0.3, 0.4) is 0 Å². The Morgan fingerprint density at radius 3 is 2.05 bits per heavy atom. The summed E-state index contributed by atoms with van der Waals surface area (Å²) >= 11 is 6.29. The maximum atomic E-state index is 12.1. The summed E-state index contributed by atoms with van der Waals surface area (Å²) in [5.41, 5.74) is 2.03. The first-order valence-electron chi connectivity index (χ1n) is 6.70. The van der Waals surface area contributed by atoms with Crippen LogP contribution in [0.4, 0.5) is 0 Å². The number of benzene rings is 2. The summed E-state index contributed by atoms with van der Waals surface area (Å²) < 4.78 is 0. The van der Waals surface area contributed by atoms with Crippen LogP contribution in [0.5, 0.6) is 0 Å². The molecule has 2 nitrogen and oxygen atoms in total. The van der Waals surface area contributed by atoms with Gasteiger partial charge in [-0.1, -0.05) is 60.7 Å². The maximum Gasteiger partial charge on any atom is 0.227 e. The highest BCUT2D eigenvalue weighted by Crippen LogP contribution is 2.20. The monoisotopic (exact) mass is 287 g/mol. The molecule has 0 saturated carbocycles. The highest BCUT2D eigenvalue weighted by Gasteiger charge is 2.16. The Labute approximate surface area is 124 Å². The molecule has 0 heterocycles. The number of carbonyl (C=O) groups excluding carboxylic acids is 1. The van der Waals surface area contributed by atoms with Crippen molar-refractivity contribution in [2.45, 2.75) is 18.2 Å². The van der Waals surface area contributed by atoms with Crippen LogP contribution in [0.25, 0.3) is 0 Å². The Balaban J connectivity index is 1.89. The van der Waals surface area contributed by atoms with Crippen LogP contribution in [-0.4, -0.2) is 12.5 Å². The van der Waals surface area contributed by atoms with Gasteiger partial charge in [0.05, 0.1) is 11.3 Å². The van der Waals surface area contributed by atoms with E-state index in [1.165, 1.54) is 0 Å². The fraction of sp³-hybridized carbons (Fsp3) is 0.235. The van der Waals surface area contributed by atoms with Gasteiger partial charge in [0, 0.05) is 6.54 Å². The number of halogens is 1. The smallest absolute Gasteiger partial charge is 0.227 e. The van der Waals surface area contributed by atoms with Gasteiger partial charge in [0.15, 0.2) is 0 Å². The van der Waals surface area contributed by atoms with Crippen LogP contribution in [0.1, 0.15) is 29.3 Å². The third-order valence-corrected chi connectivity index (χ3v) is 3.72. The lowest BCUT2D eigenvalue weighted by Gasteiger charge is -2.15. The molecule has 0 radical (unpaired) electrons. The zero-order valence-corrected chi connectivity index (χ0v) is 12.2. The minimum atomic E-state index is -0.205. The fourth-order valence-electron chi connectivity index (χ4n) is 2.02. The molecule has 0 saturated heterocycles. The van der Waals surface area contributed by atoms with Crippen LogP contribution in [0.2, 0.25) is 0 Å². The summed E-state index contributed by atoms with van der Waals surface area (Å²) in [5, 5.41) is 2.70. The Morgan fingerprint density at radius 2 is 1.50 bits per heavy atom. The van der Waals surface area contributed by atoms with Gasteiger partial charge in [-0.3, -0.25) is 4.79 Å². The maximum absolute atomic E-state index is 12.1. The third kappa shape index (κ3) is 3.84. The average Bonchev–Trinajstić information content (AvgIpc) is 2.53. The van der Waals surface area contributed by atoms with Gasteiger partial charge < -0.3 is 5.32 Å². The second-order valence-corrected chi connectivity index (χ2v) is 5.28. The molecule has 0 aromatic heterocycles. The Kier molecular flexibility index (Phi) is 5.19. The SMILES string of the molecule is CC(C(=O)NCC(Cl)c1ccccc1)c1ccccc1. The minimum absolute atomic E-state index is 0.00205. The molecule has 0 fully saturated rings. The highest BCUT2D eigenvalue weighted by atomic mass is 35.5. The van der Waals surface area contributed by atoms with E-state index in [-0.39, 0.29) is 17.2 Å². The molecule has 2 aromatic carbocycles. The number of amides is 1. The van der Waals surface area contributed by atoms with E-state index in [0.717, 1.165) is 11.1 Å². The van der Waals surface area contributed by atoms with Gasteiger partial charge in [-0.05, 0) is 18.1 Å². The number of nitrogens with one attached hydrogen (secondary N) is 1. The highest BCUT2D eigenvalue weighted by molar-refractivity contribution is 6.21. The van der Waals surface area contributed by atoms with Gasteiger partial charge in [0.1, 0.15) is 0 Å². The van der Waals surface area contributed by atoms with Crippen molar-refractivity contribution in [3.8, 4) is 0 Å². The number of hydrogen-bond donors (Lipinski definition) is 1. The van der Waals surface area contributed by atoms with Crippen molar-refractivity contribution in [2.75, 3.05) is 6.54 Å². The summed E-state index contributed by atoms with van der Waals surface area (Å²) in [4.78, 5) is 12.1. The molecule has 1 N–H and O–H groups in total. The molecule has 20 heavy (non-hydrogen) atoms. The minimum Gasteiger partial charge on any atom is -0.354 e. The topological polar surface area (TPSA) is 29.1 Å². The van der Waals surface area contributed by atoms with Crippen molar-refractivity contribution < 1.29 is 4.79 Å². The molecule has 104 valence electrons. The summed E-state index contributed by atoms with van der Waals surface area (Å²) in [6, 6.07) is 19.5. The predicted molar refractivity (Wildman–Crippen MR) is 82.9 cm³/mol. The van der Waals surface area contributed by atoms with E-state index in [1.807, 2.05) is 67.6 Å². The van der Waals surface area contributed by atoms with Crippen LogP contribution >= 0.6 is 11.6 Å². The second-order valence-electron chi connectivity index (χ2n) is 4.76. The van der Waals surface area contributed by atoms with Gasteiger partial charge in [0.25, 0.3) is 0 Å². The normalized spacial score (nSPS) is 13.5. The molecule has 0 aliphatic rings. The first kappa shape index (κ1) is 14.6. The van der Waals surface area contributed by atoms with E-state index >= 15 is 0 Å². The third-order valence-electron chi connectivity index (χ3n) is 3.31. The predicted octanol–water partition coefficient (Wildman–Crippen LogP) is 3.89. The first-order valence-corrected chi connectivity index (χ1v) is 7.14. The molecule has 0 aliphatic carbocycles. The van der Waals surface area contributed by atoms with E-state index in [2.05, 4.69) is 5.32 Å². The van der Waals surface area contributed by atoms with Crippen molar-refractivity contribution in [1.82, 2.24) is 5.32 Å². The van der Waals surface area contributed by atoms with Gasteiger partial charge in [-0.25, -0.2) is 0 Å². The molecule has 3 heteroatoms. The molecule has 2 atom stereocenters. The van der Waals surface area contributed by atoms with E-state index < -0.39 is 0 Å². The molecule has 0 aliphatic heterocycles. The van der Waals surface area contributed by atoms with Crippen LogP contribution in [0.15, 0.2) is 60.7 Å². The van der Waals surface area contributed by atoms with E-state index in [1.54, 1.807) is 0 Å². The number of rotatable bonds is 5. The molecule has 0 spiro atoms. The Bertz CT molecular complexity index is 541.